The van der Waals surface area contributed by atoms with Gasteiger partial charge in [0.25, 0.3) is 5.56 Å². The van der Waals surface area contributed by atoms with Crippen molar-refractivity contribution in [1.82, 2.24) is 24.4 Å². The number of hydrogen-bond donors (Lipinski definition) is 1. The third kappa shape index (κ3) is 4.48. The molecule has 6 rings (SSSR count). The summed E-state index contributed by atoms with van der Waals surface area (Å²) < 4.78 is 25.5. The van der Waals surface area contributed by atoms with E-state index in [1.54, 1.807) is 35.2 Å². The SMILES string of the molecule is O=C(Nc1ccc2c(c1)OCO2)N1CCN(Cc2cc(=O)n3nc(-c4cccc(F)c4)sc3n2)CC1. The molecule has 10 nitrogen and oxygen atoms in total. The Morgan fingerprint density at radius 1 is 1.06 bits per heavy atom. The molecule has 2 aromatic carbocycles. The van der Waals surface area contributed by atoms with Gasteiger partial charge in [-0.15, -0.1) is 0 Å². The van der Waals surface area contributed by atoms with Gasteiger partial charge >= 0.3 is 6.03 Å². The summed E-state index contributed by atoms with van der Waals surface area (Å²) in [6, 6.07) is 12.7. The van der Waals surface area contributed by atoms with Gasteiger partial charge in [0, 0.05) is 56.1 Å². The fourth-order valence-electron chi connectivity index (χ4n) is 4.19. The van der Waals surface area contributed by atoms with E-state index in [0.717, 1.165) is 0 Å². The number of ether oxygens (including phenoxy) is 2. The maximum atomic E-state index is 13.6. The van der Waals surface area contributed by atoms with Crippen LogP contribution in [0.15, 0.2) is 53.3 Å². The molecule has 0 bridgehead atoms. The molecule has 2 aromatic heterocycles. The summed E-state index contributed by atoms with van der Waals surface area (Å²) in [4.78, 5) is 34.3. The number of hydrogen-bond acceptors (Lipinski definition) is 8. The molecule has 0 spiro atoms. The molecule has 184 valence electrons. The summed E-state index contributed by atoms with van der Waals surface area (Å²) in [6.45, 7) is 3.04. The minimum Gasteiger partial charge on any atom is -0.454 e. The normalized spacial score (nSPS) is 15.4. The molecule has 0 aliphatic carbocycles. The highest BCUT2D eigenvalue weighted by atomic mass is 32.1. The minimum absolute atomic E-state index is 0.180. The molecule has 2 aliphatic rings. The Kier molecular flexibility index (Phi) is 5.74. The summed E-state index contributed by atoms with van der Waals surface area (Å²) in [7, 11) is 0. The second kappa shape index (κ2) is 9.21. The van der Waals surface area contributed by atoms with Crippen molar-refractivity contribution in [2.75, 3.05) is 38.3 Å². The first kappa shape index (κ1) is 22.4. The Bertz CT molecular complexity index is 1510. The zero-order valence-electron chi connectivity index (χ0n) is 19.0. The average Bonchev–Trinajstić information content (AvgIpc) is 3.52. The number of aromatic nitrogens is 3. The topological polar surface area (TPSA) is 101 Å². The summed E-state index contributed by atoms with van der Waals surface area (Å²) in [5.74, 6) is 0.912. The Balaban J connectivity index is 1.09. The third-order valence-corrected chi connectivity index (χ3v) is 7.00. The van der Waals surface area contributed by atoms with Gasteiger partial charge in [0.05, 0.1) is 5.69 Å². The second-order valence-corrected chi connectivity index (χ2v) is 9.42. The standard InChI is InChI=1S/C24H21FN6O4S/c25-16-3-1-2-15(10-16)22-28-31-21(32)12-18(27-24(31)36-22)13-29-6-8-30(9-7-29)23(33)26-17-4-5-19-20(11-17)35-14-34-19/h1-5,10-12H,6-9,13-14H2,(H,26,33). The molecule has 4 aromatic rings. The number of halogens is 1. The number of nitrogens with zero attached hydrogens (tertiary/aromatic N) is 5. The van der Waals surface area contributed by atoms with Crippen molar-refractivity contribution >= 4 is 28.0 Å². The van der Waals surface area contributed by atoms with Gasteiger partial charge in [-0.3, -0.25) is 9.69 Å². The van der Waals surface area contributed by atoms with Crippen molar-refractivity contribution in [2.45, 2.75) is 6.54 Å². The largest absolute Gasteiger partial charge is 0.454 e. The van der Waals surface area contributed by atoms with Crippen LogP contribution in [-0.2, 0) is 6.54 Å². The maximum Gasteiger partial charge on any atom is 0.321 e. The number of carbonyl (C=O) groups excluding carboxylic acids is 1. The monoisotopic (exact) mass is 508 g/mol. The molecule has 0 unspecified atom stereocenters. The molecule has 0 radical (unpaired) electrons. The van der Waals surface area contributed by atoms with Crippen molar-refractivity contribution in [2.24, 2.45) is 0 Å². The quantitative estimate of drug-likeness (QED) is 0.452. The number of anilines is 1. The van der Waals surface area contributed by atoms with Crippen LogP contribution in [0.5, 0.6) is 11.5 Å². The number of piperazine rings is 1. The highest BCUT2D eigenvalue weighted by Crippen LogP contribution is 2.34. The molecular weight excluding hydrogens is 487 g/mol. The predicted octanol–water partition coefficient (Wildman–Crippen LogP) is 3.04. The number of urea groups is 1. The van der Waals surface area contributed by atoms with Crippen LogP contribution in [0.2, 0.25) is 0 Å². The summed E-state index contributed by atoms with van der Waals surface area (Å²) >= 11 is 1.24. The minimum atomic E-state index is -0.364. The molecule has 2 aliphatic heterocycles. The van der Waals surface area contributed by atoms with Crippen molar-refractivity contribution < 1.29 is 18.7 Å². The van der Waals surface area contributed by atoms with Crippen LogP contribution in [-0.4, -0.2) is 63.4 Å². The van der Waals surface area contributed by atoms with E-state index in [1.807, 2.05) is 0 Å². The van der Waals surface area contributed by atoms with Crippen LogP contribution in [0.25, 0.3) is 15.5 Å². The first-order valence-electron chi connectivity index (χ1n) is 11.4. The summed E-state index contributed by atoms with van der Waals surface area (Å²) in [5, 5.41) is 7.73. The first-order chi connectivity index (χ1) is 17.5. The lowest BCUT2D eigenvalue weighted by Crippen LogP contribution is -2.49. The van der Waals surface area contributed by atoms with Crippen molar-refractivity contribution in [3.8, 4) is 22.1 Å². The first-order valence-corrected chi connectivity index (χ1v) is 12.2. The van der Waals surface area contributed by atoms with Gasteiger partial charge in [0.2, 0.25) is 11.8 Å². The fourth-order valence-corrected chi connectivity index (χ4v) is 5.11. The van der Waals surface area contributed by atoms with Crippen LogP contribution in [0, 0.1) is 5.82 Å². The van der Waals surface area contributed by atoms with E-state index in [2.05, 4.69) is 20.3 Å². The molecule has 36 heavy (non-hydrogen) atoms. The van der Waals surface area contributed by atoms with Crippen LogP contribution >= 0.6 is 11.3 Å². The zero-order chi connectivity index (χ0) is 24.6. The molecule has 1 fully saturated rings. The third-order valence-electron chi connectivity index (χ3n) is 6.04. The number of fused-ring (bicyclic) bond motifs is 2. The van der Waals surface area contributed by atoms with Crippen LogP contribution in [0.3, 0.4) is 0 Å². The van der Waals surface area contributed by atoms with E-state index >= 15 is 0 Å². The van der Waals surface area contributed by atoms with Gasteiger partial charge in [0.15, 0.2) is 11.5 Å². The van der Waals surface area contributed by atoms with E-state index < -0.39 is 0 Å². The predicted molar refractivity (Wildman–Crippen MR) is 131 cm³/mol. The molecule has 12 heteroatoms. The molecule has 1 N–H and O–H groups in total. The fraction of sp³-hybridized carbons (Fsp3) is 0.250. The van der Waals surface area contributed by atoms with Crippen LogP contribution < -0.4 is 20.3 Å². The smallest absolute Gasteiger partial charge is 0.321 e. The molecule has 1 saturated heterocycles. The van der Waals surface area contributed by atoms with Gasteiger partial charge < -0.3 is 19.7 Å². The number of benzene rings is 2. The van der Waals surface area contributed by atoms with E-state index in [4.69, 9.17) is 9.47 Å². The number of nitrogens with one attached hydrogen (secondary N) is 1. The van der Waals surface area contributed by atoms with Crippen molar-refractivity contribution in [3.63, 3.8) is 0 Å². The lowest BCUT2D eigenvalue weighted by Gasteiger charge is -2.34. The number of rotatable bonds is 4. The van der Waals surface area contributed by atoms with Crippen LogP contribution in [0.4, 0.5) is 14.9 Å². The molecule has 0 saturated carbocycles. The van der Waals surface area contributed by atoms with Gasteiger partial charge in [-0.25, -0.2) is 14.2 Å². The lowest BCUT2D eigenvalue weighted by molar-refractivity contribution is 0.142. The van der Waals surface area contributed by atoms with E-state index in [-0.39, 0.29) is 24.2 Å². The zero-order valence-corrected chi connectivity index (χ0v) is 19.8. The van der Waals surface area contributed by atoms with E-state index in [9.17, 15) is 14.0 Å². The van der Waals surface area contributed by atoms with Gasteiger partial charge in [0.1, 0.15) is 10.8 Å². The van der Waals surface area contributed by atoms with Crippen molar-refractivity contribution in [1.29, 1.82) is 0 Å². The maximum absolute atomic E-state index is 13.6. The molecule has 2 amide bonds. The highest BCUT2D eigenvalue weighted by molar-refractivity contribution is 7.19. The van der Waals surface area contributed by atoms with E-state index in [1.165, 1.54) is 34.1 Å². The molecule has 4 heterocycles. The summed E-state index contributed by atoms with van der Waals surface area (Å²) in [6.07, 6.45) is 0. The van der Waals surface area contributed by atoms with Gasteiger partial charge in [-0.05, 0) is 24.3 Å². The highest BCUT2D eigenvalue weighted by Gasteiger charge is 2.23. The Morgan fingerprint density at radius 3 is 2.72 bits per heavy atom. The summed E-state index contributed by atoms with van der Waals surface area (Å²) in [5.41, 5.74) is 1.59. The average molecular weight is 509 g/mol. The van der Waals surface area contributed by atoms with Gasteiger partial charge in [-0.2, -0.15) is 9.61 Å². The van der Waals surface area contributed by atoms with Gasteiger partial charge in [-0.1, -0.05) is 23.5 Å². The van der Waals surface area contributed by atoms with Crippen LogP contribution in [0.1, 0.15) is 5.69 Å². The number of carbonyl (C=O) groups is 1. The van der Waals surface area contributed by atoms with Crippen molar-refractivity contribution in [3.05, 3.63) is 70.4 Å². The number of amides is 2. The Morgan fingerprint density at radius 2 is 1.89 bits per heavy atom. The Labute approximate surface area is 208 Å². The lowest BCUT2D eigenvalue weighted by atomic mass is 10.2. The van der Waals surface area contributed by atoms with E-state index in [0.29, 0.717) is 71.1 Å². The second-order valence-electron chi connectivity index (χ2n) is 8.46. The Hall–Kier alpha value is -4.03. The molecular formula is C24H21FN6O4S. The molecule has 0 atom stereocenters.